The number of guanidine groups is 1. The van der Waals surface area contributed by atoms with E-state index in [1.807, 2.05) is 0 Å². The summed E-state index contributed by atoms with van der Waals surface area (Å²) in [6.07, 6.45) is 17.5. The van der Waals surface area contributed by atoms with Gasteiger partial charge in [0.25, 0.3) is 0 Å². The highest BCUT2D eigenvalue weighted by Crippen LogP contribution is 2.21. The zero-order valence-corrected chi connectivity index (χ0v) is 15.5. The van der Waals surface area contributed by atoms with Crippen molar-refractivity contribution in [3.63, 3.8) is 0 Å². The summed E-state index contributed by atoms with van der Waals surface area (Å²) in [6.45, 7) is 3.48. The third-order valence-corrected chi connectivity index (χ3v) is 6.14. The van der Waals surface area contributed by atoms with Crippen molar-refractivity contribution in [1.82, 2.24) is 16.0 Å². The summed E-state index contributed by atoms with van der Waals surface area (Å²) in [6, 6.07) is 1.20. The molecule has 3 aliphatic rings. The SMILES string of the molecule is C1CCC(/N=C(/NCCC2CCNCC2)NC2CCCCC2)CC1. The molecule has 0 atom stereocenters. The van der Waals surface area contributed by atoms with Crippen LogP contribution in [0, 0.1) is 5.92 Å². The van der Waals surface area contributed by atoms with Gasteiger partial charge in [0, 0.05) is 12.6 Å². The lowest BCUT2D eigenvalue weighted by atomic mass is 9.94. The van der Waals surface area contributed by atoms with E-state index in [2.05, 4.69) is 16.0 Å². The Kier molecular flexibility index (Phi) is 7.72. The van der Waals surface area contributed by atoms with Crippen molar-refractivity contribution < 1.29 is 0 Å². The number of hydrogen-bond donors (Lipinski definition) is 3. The third kappa shape index (κ3) is 6.27. The molecule has 0 aromatic heterocycles. The first-order valence-corrected chi connectivity index (χ1v) is 10.7. The van der Waals surface area contributed by atoms with Crippen LogP contribution in [0.3, 0.4) is 0 Å². The van der Waals surface area contributed by atoms with Crippen molar-refractivity contribution in [1.29, 1.82) is 0 Å². The van der Waals surface area contributed by atoms with Crippen LogP contribution in [0.2, 0.25) is 0 Å². The molecule has 3 N–H and O–H groups in total. The van der Waals surface area contributed by atoms with Gasteiger partial charge in [0.1, 0.15) is 0 Å². The van der Waals surface area contributed by atoms with Crippen LogP contribution < -0.4 is 16.0 Å². The number of hydrogen-bond acceptors (Lipinski definition) is 2. The van der Waals surface area contributed by atoms with Gasteiger partial charge < -0.3 is 16.0 Å². The highest BCUT2D eigenvalue weighted by atomic mass is 15.2. The van der Waals surface area contributed by atoms with Gasteiger partial charge in [-0.25, -0.2) is 4.99 Å². The summed E-state index contributed by atoms with van der Waals surface area (Å²) < 4.78 is 0. The second-order valence-electron chi connectivity index (χ2n) is 8.16. The fourth-order valence-corrected chi connectivity index (χ4v) is 4.53. The largest absolute Gasteiger partial charge is 0.356 e. The van der Waals surface area contributed by atoms with Crippen LogP contribution in [-0.4, -0.2) is 37.7 Å². The smallest absolute Gasteiger partial charge is 0.191 e. The van der Waals surface area contributed by atoms with Gasteiger partial charge in [0.05, 0.1) is 6.04 Å². The van der Waals surface area contributed by atoms with Gasteiger partial charge in [-0.2, -0.15) is 0 Å². The standard InChI is InChI=1S/C20H38N4/c1-3-7-18(8-4-1)23-20(24-19-9-5-2-6-10-19)22-16-13-17-11-14-21-15-12-17/h17-19,21H,1-16H2,(H2,22,23,24). The number of aliphatic imine (C=N–C) groups is 1. The van der Waals surface area contributed by atoms with Crippen LogP contribution in [0.4, 0.5) is 0 Å². The molecule has 24 heavy (non-hydrogen) atoms. The van der Waals surface area contributed by atoms with E-state index < -0.39 is 0 Å². The fourth-order valence-electron chi connectivity index (χ4n) is 4.53. The molecule has 2 saturated carbocycles. The number of rotatable bonds is 5. The summed E-state index contributed by atoms with van der Waals surface area (Å²) in [4.78, 5) is 5.09. The number of nitrogens with one attached hydrogen (secondary N) is 3. The Morgan fingerprint density at radius 3 is 2.21 bits per heavy atom. The van der Waals surface area contributed by atoms with Crippen LogP contribution in [0.15, 0.2) is 4.99 Å². The van der Waals surface area contributed by atoms with Crippen molar-refractivity contribution in [3.8, 4) is 0 Å². The molecule has 3 fully saturated rings. The predicted octanol–water partition coefficient (Wildman–Crippen LogP) is 3.58. The molecule has 138 valence electrons. The Morgan fingerprint density at radius 2 is 1.50 bits per heavy atom. The van der Waals surface area contributed by atoms with Crippen LogP contribution in [0.5, 0.6) is 0 Å². The minimum Gasteiger partial charge on any atom is -0.356 e. The van der Waals surface area contributed by atoms with Crippen molar-refractivity contribution in [3.05, 3.63) is 0 Å². The second kappa shape index (κ2) is 10.3. The van der Waals surface area contributed by atoms with E-state index in [0.29, 0.717) is 12.1 Å². The third-order valence-electron chi connectivity index (χ3n) is 6.14. The Balaban J connectivity index is 1.48. The van der Waals surface area contributed by atoms with E-state index in [0.717, 1.165) is 18.4 Å². The van der Waals surface area contributed by atoms with Gasteiger partial charge in [-0.3, -0.25) is 0 Å². The maximum atomic E-state index is 5.09. The second-order valence-corrected chi connectivity index (χ2v) is 8.16. The zero-order valence-electron chi connectivity index (χ0n) is 15.5. The minimum atomic E-state index is 0.552. The molecule has 0 spiro atoms. The first-order chi connectivity index (χ1) is 11.9. The molecule has 0 aromatic rings. The monoisotopic (exact) mass is 334 g/mol. The maximum Gasteiger partial charge on any atom is 0.191 e. The molecule has 0 radical (unpaired) electrons. The van der Waals surface area contributed by atoms with Gasteiger partial charge in [0.2, 0.25) is 0 Å². The highest BCUT2D eigenvalue weighted by molar-refractivity contribution is 5.80. The minimum absolute atomic E-state index is 0.552. The highest BCUT2D eigenvalue weighted by Gasteiger charge is 2.18. The van der Waals surface area contributed by atoms with Gasteiger partial charge >= 0.3 is 0 Å². The van der Waals surface area contributed by atoms with E-state index in [9.17, 15) is 0 Å². The number of nitrogens with zero attached hydrogens (tertiary/aromatic N) is 1. The first kappa shape index (κ1) is 18.0. The van der Waals surface area contributed by atoms with Crippen molar-refractivity contribution in [2.75, 3.05) is 19.6 Å². The molecule has 0 unspecified atom stereocenters. The summed E-state index contributed by atoms with van der Waals surface area (Å²) in [5.74, 6) is 2.01. The molecule has 1 saturated heterocycles. The molecule has 1 heterocycles. The zero-order chi connectivity index (χ0) is 16.5. The average Bonchev–Trinajstić information content (AvgIpc) is 2.64. The lowest BCUT2D eigenvalue weighted by Gasteiger charge is -2.28. The Labute approximate surface area is 148 Å². The van der Waals surface area contributed by atoms with Gasteiger partial charge in [-0.15, -0.1) is 0 Å². The van der Waals surface area contributed by atoms with E-state index in [4.69, 9.17) is 4.99 Å². The van der Waals surface area contributed by atoms with Crippen molar-refractivity contribution in [2.24, 2.45) is 10.9 Å². The fraction of sp³-hybridized carbons (Fsp3) is 0.950. The predicted molar refractivity (Wildman–Crippen MR) is 103 cm³/mol. The summed E-state index contributed by atoms with van der Waals surface area (Å²) in [5, 5.41) is 10.9. The van der Waals surface area contributed by atoms with Crippen molar-refractivity contribution in [2.45, 2.75) is 95.6 Å². The van der Waals surface area contributed by atoms with E-state index in [1.54, 1.807) is 0 Å². The lowest BCUT2D eigenvalue weighted by Crippen LogP contribution is -2.45. The average molecular weight is 335 g/mol. The summed E-state index contributed by atoms with van der Waals surface area (Å²) >= 11 is 0. The molecule has 0 amide bonds. The molecule has 4 heteroatoms. The molecule has 2 aliphatic carbocycles. The molecule has 0 bridgehead atoms. The number of piperidine rings is 1. The quantitative estimate of drug-likeness (QED) is 0.532. The molecular formula is C20H38N4. The Hall–Kier alpha value is -0.770. The molecular weight excluding hydrogens is 296 g/mol. The maximum absolute atomic E-state index is 5.09. The Bertz CT molecular complexity index is 364. The Morgan fingerprint density at radius 1 is 0.833 bits per heavy atom. The summed E-state index contributed by atoms with van der Waals surface area (Å²) in [7, 11) is 0. The van der Waals surface area contributed by atoms with Crippen LogP contribution in [0.1, 0.15) is 83.5 Å². The van der Waals surface area contributed by atoms with Crippen LogP contribution in [-0.2, 0) is 0 Å². The lowest BCUT2D eigenvalue weighted by molar-refractivity contribution is 0.352. The van der Waals surface area contributed by atoms with Gasteiger partial charge in [-0.05, 0) is 64.0 Å². The summed E-state index contributed by atoms with van der Waals surface area (Å²) in [5.41, 5.74) is 0. The van der Waals surface area contributed by atoms with E-state index in [1.165, 1.54) is 96.6 Å². The van der Waals surface area contributed by atoms with E-state index >= 15 is 0 Å². The normalized spacial score (nSPS) is 25.6. The molecule has 4 nitrogen and oxygen atoms in total. The molecule has 1 aliphatic heterocycles. The molecule has 0 aromatic carbocycles. The van der Waals surface area contributed by atoms with E-state index in [-0.39, 0.29) is 0 Å². The first-order valence-electron chi connectivity index (χ1n) is 10.7. The van der Waals surface area contributed by atoms with Crippen LogP contribution in [0.25, 0.3) is 0 Å². The van der Waals surface area contributed by atoms with Crippen molar-refractivity contribution >= 4 is 5.96 Å². The van der Waals surface area contributed by atoms with Crippen LogP contribution >= 0.6 is 0 Å². The molecule has 3 rings (SSSR count). The van der Waals surface area contributed by atoms with Gasteiger partial charge in [-0.1, -0.05) is 38.5 Å². The topological polar surface area (TPSA) is 48.5 Å². The van der Waals surface area contributed by atoms with Gasteiger partial charge in [0.15, 0.2) is 5.96 Å².